The lowest BCUT2D eigenvalue weighted by atomic mass is 10.1. The van der Waals surface area contributed by atoms with Crippen LogP contribution in [0.3, 0.4) is 0 Å². The maximum Gasteiger partial charge on any atom is 0.331 e. The van der Waals surface area contributed by atoms with Gasteiger partial charge in [0, 0.05) is 18.3 Å². The van der Waals surface area contributed by atoms with Gasteiger partial charge in [0.05, 0.1) is 7.11 Å². The number of esters is 1. The summed E-state index contributed by atoms with van der Waals surface area (Å²) in [6.07, 6.45) is 2.81. The first-order valence-electron chi connectivity index (χ1n) is 4.89. The monoisotopic (exact) mass is 223 g/mol. The number of halogens is 1. The van der Waals surface area contributed by atoms with E-state index in [1.54, 1.807) is 12.1 Å². The Hall–Kier alpha value is -1.84. The summed E-state index contributed by atoms with van der Waals surface area (Å²) in [4.78, 5) is 10.8. The molecular formula is C12H14FNO2. The summed E-state index contributed by atoms with van der Waals surface area (Å²) in [6, 6.07) is 6.19. The summed E-state index contributed by atoms with van der Waals surface area (Å²) in [5.74, 6) is -0.681. The quantitative estimate of drug-likeness (QED) is 0.628. The van der Waals surface area contributed by atoms with Crippen molar-refractivity contribution in [2.45, 2.75) is 13.0 Å². The summed E-state index contributed by atoms with van der Waals surface area (Å²) in [7, 11) is 1.32. The molecule has 3 nitrogen and oxygen atoms in total. The molecule has 0 radical (unpaired) electrons. The Morgan fingerprint density at radius 3 is 2.62 bits per heavy atom. The molecule has 0 aliphatic carbocycles. The first kappa shape index (κ1) is 12.2. The molecule has 1 atom stereocenters. The normalized spacial score (nSPS) is 12.4. The van der Waals surface area contributed by atoms with Crippen LogP contribution in [0.15, 0.2) is 36.5 Å². The topological polar surface area (TPSA) is 38.3 Å². The maximum absolute atomic E-state index is 12.7. The van der Waals surface area contributed by atoms with Crippen molar-refractivity contribution in [2.24, 2.45) is 0 Å². The van der Waals surface area contributed by atoms with E-state index < -0.39 is 5.97 Å². The highest BCUT2D eigenvalue weighted by Gasteiger charge is 2.02. The third-order valence-corrected chi connectivity index (χ3v) is 2.14. The lowest BCUT2D eigenvalue weighted by Gasteiger charge is -2.11. The van der Waals surface area contributed by atoms with Crippen molar-refractivity contribution >= 4 is 5.97 Å². The predicted octanol–water partition coefficient (Wildman–Crippen LogP) is 2.16. The summed E-state index contributed by atoms with van der Waals surface area (Å²) in [5, 5.41) is 2.98. The number of benzene rings is 1. The van der Waals surface area contributed by atoms with Gasteiger partial charge in [-0.3, -0.25) is 0 Å². The van der Waals surface area contributed by atoms with Crippen LogP contribution in [0.4, 0.5) is 4.39 Å². The van der Waals surface area contributed by atoms with E-state index in [1.165, 1.54) is 31.5 Å². The first-order valence-corrected chi connectivity index (χ1v) is 4.89. The zero-order valence-corrected chi connectivity index (χ0v) is 9.24. The van der Waals surface area contributed by atoms with E-state index in [0.717, 1.165) is 5.56 Å². The molecule has 1 aromatic carbocycles. The molecule has 0 aromatic heterocycles. The van der Waals surface area contributed by atoms with Gasteiger partial charge in [0.1, 0.15) is 5.82 Å². The lowest BCUT2D eigenvalue weighted by molar-refractivity contribution is -0.134. The van der Waals surface area contributed by atoms with Crippen molar-refractivity contribution in [1.29, 1.82) is 0 Å². The van der Waals surface area contributed by atoms with Crippen molar-refractivity contribution in [3.05, 3.63) is 47.9 Å². The van der Waals surface area contributed by atoms with Gasteiger partial charge < -0.3 is 10.1 Å². The maximum atomic E-state index is 12.7. The number of ether oxygens (including phenoxy) is 1. The number of nitrogens with one attached hydrogen (secondary N) is 1. The Morgan fingerprint density at radius 1 is 1.44 bits per heavy atom. The van der Waals surface area contributed by atoms with Gasteiger partial charge in [-0.05, 0) is 24.6 Å². The Morgan fingerprint density at radius 2 is 2.06 bits per heavy atom. The number of methoxy groups -OCH3 is 1. The van der Waals surface area contributed by atoms with E-state index in [4.69, 9.17) is 0 Å². The van der Waals surface area contributed by atoms with Gasteiger partial charge in [-0.15, -0.1) is 0 Å². The minimum atomic E-state index is -0.418. The Balaban J connectivity index is 2.52. The Kier molecular flexibility index (Phi) is 4.51. The highest BCUT2D eigenvalue weighted by Crippen LogP contribution is 2.12. The molecule has 1 N–H and O–H groups in total. The summed E-state index contributed by atoms with van der Waals surface area (Å²) in [6.45, 7) is 1.91. The molecule has 0 spiro atoms. The van der Waals surface area contributed by atoms with Crippen LogP contribution in [0.2, 0.25) is 0 Å². The molecule has 0 amide bonds. The molecular weight excluding hydrogens is 209 g/mol. The molecule has 86 valence electrons. The van der Waals surface area contributed by atoms with Crippen LogP contribution in [0.25, 0.3) is 0 Å². The van der Waals surface area contributed by atoms with Gasteiger partial charge in [0.25, 0.3) is 0 Å². The number of hydrogen-bond donors (Lipinski definition) is 1. The van der Waals surface area contributed by atoms with Crippen molar-refractivity contribution in [3.8, 4) is 0 Å². The fraction of sp³-hybridized carbons (Fsp3) is 0.250. The summed E-state index contributed by atoms with van der Waals surface area (Å²) in [5.41, 5.74) is 0.941. The van der Waals surface area contributed by atoms with Gasteiger partial charge >= 0.3 is 5.97 Å². The first-order chi connectivity index (χ1) is 7.63. The van der Waals surface area contributed by atoms with E-state index in [-0.39, 0.29) is 11.9 Å². The fourth-order valence-corrected chi connectivity index (χ4v) is 1.18. The van der Waals surface area contributed by atoms with Crippen LogP contribution >= 0.6 is 0 Å². The van der Waals surface area contributed by atoms with E-state index in [2.05, 4.69) is 10.1 Å². The second-order valence-electron chi connectivity index (χ2n) is 3.30. The van der Waals surface area contributed by atoms with Crippen molar-refractivity contribution in [3.63, 3.8) is 0 Å². The van der Waals surface area contributed by atoms with Crippen LogP contribution in [0.1, 0.15) is 18.5 Å². The number of carbonyl (C=O) groups excluding carboxylic acids is 1. The molecule has 0 fully saturated rings. The standard InChI is InChI=1S/C12H14FNO2/c1-9(14-8-7-12(15)16-2)10-3-5-11(13)6-4-10/h3-9,14H,1-2H3/b8-7+/t9-/m0/s1. The largest absolute Gasteiger partial charge is 0.466 e. The van der Waals surface area contributed by atoms with Crippen molar-refractivity contribution in [2.75, 3.05) is 7.11 Å². The van der Waals surface area contributed by atoms with Crippen LogP contribution < -0.4 is 5.32 Å². The molecule has 0 aliphatic rings. The Bertz CT molecular complexity index is 373. The zero-order valence-electron chi connectivity index (χ0n) is 9.24. The van der Waals surface area contributed by atoms with Crippen LogP contribution in [0.5, 0.6) is 0 Å². The molecule has 1 rings (SSSR count). The van der Waals surface area contributed by atoms with Gasteiger partial charge in [-0.1, -0.05) is 12.1 Å². The number of rotatable bonds is 4. The minimum Gasteiger partial charge on any atom is -0.466 e. The lowest BCUT2D eigenvalue weighted by Crippen LogP contribution is -2.12. The molecule has 4 heteroatoms. The molecule has 0 bridgehead atoms. The Labute approximate surface area is 93.9 Å². The average Bonchev–Trinajstić information content (AvgIpc) is 2.29. The molecule has 0 unspecified atom stereocenters. The number of hydrogen-bond acceptors (Lipinski definition) is 3. The summed E-state index contributed by atoms with van der Waals surface area (Å²) >= 11 is 0. The minimum absolute atomic E-state index is 0.00139. The van der Waals surface area contributed by atoms with Crippen molar-refractivity contribution < 1.29 is 13.9 Å². The average molecular weight is 223 g/mol. The van der Waals surface area contributed by atoms with E-state index in [1.807, 2.05) is 6.92 Å². The fourth-order valence-electron chi connectivity index (χ4n) is 1.18. The van der Waals surface area contributed by atoms with Gasteiger partial charge in [0.2, 0.25) is 0 Å². The number of carbonyl (C=O) groups is 1. The summed E-state index contributed by atoms with van der Waals surface area (Å²) < 4.78 is 17.1. The molecule has 0 saturated carbocycles. The predicted molar refractivity (Wildman–Crippen MR) is 59.1 cm³/mol. The van der Waals surface area contributed by atoms with Crippen molar-refractivity contribution in [1.82, 2.24) is 5.32 Å². The van der Waals surface area contributed by atoms with E-state index >= 15 is 0 Å². The SMILES string of the molecule is COC(=O)/C=C/N[C@@H](C)c1ccc(F)cc1. The molecule has 0 heterocycles. The molecule has 16 heavy (non-hydrogen) atoms. The van der Waals surface area contributed by atoms with Crippen LogP contribution in [-0.2, 0) is 9.53 Å². The second-order valence-corrected chi connectivity index (χ2v) is 3.30. The van der Waals surface area contributed by atoms with Gasteiger partial charge in [0.15, 0.2) is 0 Å². The molecule has 1 aromatic rings. The highest BCUT2D eigenvalue weighted by atomic mass is 19.1. The molecule has 0 saturated heterocycles. The van der Waals surface area contributed by atoms with Crippen LogP contribution in [0, 0.1) is 5.82 Å². The van der Waals surface area contributed by atoms with Gasteiger partial charge in [-0.25, -0.2) is 9.18 Å². The van der Waals surface area contributed by atoms with E-state index in [9.17, 15) is 9.18 Å². The second kappa shape index (κ2) is 5.90. The third kappa shape index (κ3) is 3.73. The van der Waals surface area contributed by atoms with Gasteiger partial charge in [-0.2, -0.15) is 0 Å². The smallest absolute Gasteiger partial charge is 0.331 e. The highest BCUT2D eigenvalue weighted by molar-refractivity contribution is 5.81. The zero-order chi connectivity index (χ0) is 12.0. The van der Waals surface area contributed by atoms with Crippen LogP contribution in [-0.4, -0.2) is 13.1 Å². The molecule has 0 aliphatic heterocycles. The third-order valence-electron chi connectivity index (χ3n) is 2.14. The van der Waals surface area contributed by atoms with E-state index in [0.29, 0.717) is 0 Å².